The highest BCUT2D eigenvalue weighted by Crippen LogP contribution is 2.27. The minimum atomic E-state index is 0.0333. The van der Waals surface area contributed by atoms with E-state index in [1.54, 1.807) is 0 Å². The second-order valence-electron chi connectivity index (χ2n) is 4.15. The van der Waals surface area contributed by atoms with Crippen LogP contribution >= 0.6 is 15.9 Å². The Balaban J connectivity index is 2.86. The number of benzene rings is 1. The predicted molar refractivity (Wildman–Crippen MR) is 76.3 cm³/mol. The predicted octanol–water partition coefficient (Wildman–Crippen LogP) is 2.68. The molecule has 0 spiro atoms. The Hall–Kier alpha value is -0.580. The molecule has 0 saturated heterocycles. The molecule has 0 saturated carbocycles. The molecular weight excluding hydrogens is 280 g/mol. The van der Waals surface area contributed by atoms with E-state index in [0.717, 1.165) is 35.2 Å². The van der Waals surface area contributed by atoms with Gasteiger partial charge in [0.15, 0.2) is 0 Å². The first kappa shape index (κ1) is 14.5. The van der Waals surface area contributed by atoms with Gasteiger partial charge in [0, 0.05) is 35.9 Å². The van der Waals surface area contributed by atoms with Crippen molar-refractivity contribution in [1.29, 1.82) is 0 Å². The number of nitrogens with zero attached hydrogens (tertiary/aromatic N) is 1. The molecule has 3 N–H and O–H groups in total. The van der Waals surface area contributed by atoms with Gasteiger partial charge in [-0.25, -0.2) is 0 Å². The number of hydrogen-bond donors (Lipinski definition) is 2. The number of aliphatic hydroxyl groups is 1. The molecule has 0 aromatic heterocycles. The van der Waals surface area contributed by atoms with Crippen LogP contribution in [0.1, 0.15) is 31.9 Å². The van der Waals surface area contributed by atoms with Gasteiger partial charge in [-0.3, -0.25) is 0 Å². The fourth-order valence-corrected chi connectivity index (χ4v) is 2.54. The maximum atomic E-state index is 8.88. The van der Waals surface area contributed by atoms with E-state index in [1.165, 1.54) is 0 Å². The summed E-state index contributed by atoms with van der Waals surface area (Å²) < 4.78 is 1.05. The average molecular weight is 301 g/mol. The first-order valence-corrected chi connectivity index (χ1v) is 6.80. The Labute approximate surface area is 112 Å². The van der Waals surface area contributed by atoms with Crippen molar-refractivity contribution in [3.63, 3.8) is 0 Å². The highest BCUT2D eigenvalue weighted by atomic mass is 79.9. The van der Waals surface area contributed by atoms with Crippen LogP contribution in [0.3, 0.4) is 0 Å². The van der Waals surface area contributed by atoms with Crippen molar-refractivity contribution in [3.8, 4) is 0 Å². The number of aliphatic hydroxyl groups excluding tert-OH is 1. The minimum Gasteiger partial charge on any atom is -0.396 e. The molecule has 17 heavy (non-hydrogen) atoms. The van der Waals surface area contributed by atoms with Gasteiger partial charge in [0.2, 0.25) is 0 Å². The lowest BCUT2D eigenvalue weighted by Gasteiger charge is -2.24. The SMILES string of the molecule is CCN(CCCO)c1ccc([C@@H](C)N)c(Br)c1. The first-order chi connectivity index (χ1) is 8.10. The van der Waals surface area contributed by atoms with Crippen LogP contribution in [0.4, 0.5) is 5.69 Å². The summed E-state index contributed by atoms with van der Waals surface area (Å²) in [6, 6.07) is 6.28. The highest BCUT2D eigenvalue weighted by molar-refractivity contribution is 9.10. The molecule has 3 nitrogen and oxygen atoms in total. The van der Waals surface area contributed by atoms with Crippen LogP contribution in [-0.4, -0.2) is 24.8 Å². The number of anilines is 1. The van der Waals surface area contributed by atoms with Gasteiger partial charge in [-0.1, -0.05) is 22.0 Å². The summed E-state index contributed by atoms with van der Waals surface area (Å²) in [6.07, 6.45) is 0.792. The molecule has 0 amide bonds. The topological polar surface area (TPSA) is 49.5 Å². The van der Waals surface area contributed by atoms with Crippen molar-refractivity contribution in [2.45, 2.75) is 26.3 Å². The molecule has 4 heteroatoms. The quantitative estimate of drug-likeness (QED) is 0.849. The maximum Gasteiger partial charge on any atom is 0.0447 e. The molecule has 0 unspecified atom stereocenters. The summed E-state index contributed by atoms with van der Waals surface area (Å²) in [7, 11) is 0. The normalized spacial score (nSPS) is 12.5. The second kappa shape index (κ2) is 6.99. The zero-order chi connectivity index (χ0) is 12.8. The van der Waals surface area contributed by atoms with Gasteiger partial charge in [-0.05, 0) is 38.0 Å². The second-order valence-corrected chi connectivity index (χ2v) is 5.01. The van der Waals surface area contributed by atoms with Crippen LogP contribution in [0.5, 0.6) is 0 Å². The minimum absolute atomic E-state index is 0.0333. The summed E-state index contributed by atoms with van der Waals surface area (Å²) in [5.41, 5.74) is 8.16. The molecular formula is C13H21BrN2O. The maximum absolute atomic E-state index is 8.88. The van der Waals surface area contributed by atoms with E-state index >= 15 is 0 Å². The summed E-state index contributed by atoms with van der Waals surface area (Å²) in [5, 5.41) is 8.88. The van der Waals surface area contributed by atoms with Gasteiger partial charge >= 0.3 is 0 Å². The fraction of sp³-hybridized carbons (Fsp3) is 0.538. The van der Waals surface area contributed by atoms with Crippen LogP contribution in [0.25, 0.3) is 0 Å². The van der Waals surface area contributed by atoms with Crippen LogP contribution in [0, 0.1) is 0 Å². The van der Waals surface area contributed by atoms with Gasteiger partial charge < -0.3 is 15.7 Å². The lowest BCUT2D eigenvalue weighted by atomic mass is 10.1. The molecule has 1 rings (SSSR count). The molecule has 0 heterocycles. The Bertz CT molecular complexity index is 355. The Morgan fingerprint density at radius 2 is 2.18 bits per heavy atom. The largest absolute Gasteiger partial charge is 0.396 e. The van der Waals surface area contributed by atoms with Crippen molar-refractivity contribution in [2.75, 3.05) is 24.6 Å². The van der Waals surface area contributed by atoms with Crippen LogP contribution < -0.4 is 10.6 Å². The monoisotopic (exact) mass is 300 g/mol. The zero-order valence-electron chi connectivity index (χ0n) is 10.5. The summed E-state index contributed by atoms with van der Waals surface area (Å²) in [5.74, 6) is 0. The molecule has 0 bridgehead atoms. The third-order valence-electron chi connectivity index (χ3n) is 2.81. The molecule has 0 aliphatic heterocycles. The molecule has 96 valence electrons. The third kappa shape index (κ3) is 3.98. The van der Waals surface area contributed by atoms with Crippen molar-refractivity contribution < 1.29 is 5.11 Å². The summed E-state index contributed by atoms with van der Waals surface area (Å²) in [6.45, 7) is 6.13. The van der Waals surface area contributed by atoms with Gasteiger partial charge in [0.05, 0.1) is 0 Å². The van der Waals surface area contributed by atoms with Crippen molar-refractivity contribution in [3.05, 3.63) is 28.2 Å². The number of halogens is 1. The lowest BCUT2D eigenvalue weighted by molar-refractivity contribution is 0.289. The van der Waals surface area contributed by atoms with Crippen molar-refractivity contribution in [1.82, 2.24) is 0 Å². The Morgan fingerprint density at radius 1 is 1.47 bits per heavy atom. The van der Waals surface area contributed by atoms with Gasteiger partial charge in [-0.2, -0.15) is 0 Å². The number of rotatable bonds is 6. The Kier molecular flexibility index (Phi) is 5.95. The van der Waals surface area contributed by atoms with Crippen LogP contribution in [0.15, 0.2) is 22.7 Å². The van der Waals surface area contributed by atoms with Crippen molar-refractivity contribution in [2.24, 2.45) is 5.73 Å². The molecule has 1 aromatic carbocycles. The third-order valence-corrected chi connectivity index (χ3v) is 3.49. The van der Waals surface area contributed by atoms with E-state index in [4.69, 9.17) is 10.8 Å². The smallest absolute Gasteiger partial charge is 0.0447 e. The number of nitrogens with two attached hydrogens (primary N) is 1. The van der Waals surface area contributed by atoms with E-state index < -0.39 is 0 Å². The molecule has 0 aliphatic carbocycles. The molecule has 1 atom stereocenters. The highest BCUT2D eigenvalue weighted by Gasteiger charge is 2.09. The standard InChI is InChI=1S/C13H21BrN2O/c1-3-16(7-4-8-17)11-5-6-12(10(2)15)13(14)9-11/h5-6,9-10,17H,3-4,7-8,15H2,1-2H3/t10-/m1/s1. The van der Waals surface area contributed by atoms with Gasteiger partial charge in [-0.15, -0.1) is 0 Å². The van der Waals surface area contributed by atoms with Crippen LogP contribution in [0.2, 0.25) is 0 Å². The summed E-state index contributed by atoms with van der Waals surface area (Å²) in [4.78, 5) is 2.24. The van der Waals surface area contributed by atoms with E-state index in [9.17, 15) is 0 Å². The van der Waals surface area contributed by atoms with Gasteiger partial charge in [0.25, 0.3) is 0 Å². The molecule has 0 aliphatic rings. The average Bonchev–Trinajstić information content (AvgIpc) is 2.29. The summed E-state index contributed by atoms with van der Waals surface area (Å²) >= 11 is 3.56. The number of hydrogen-bond acceptors (Lipinski definition) is 3. The van der Waals surface area contributed by atoms with Crippen molar-refractivity contribution >= 4 is 21.6 Å². The van der Waals surface area contributed by atoms with Crippen LogP contribution in [-0.2, 0) is 0 Å². The van der Waals surface area contributed by atoms with E-state index in [0.29, 0.717) is 0 Å². The van der Waals surface area contributed by atoms with E-state index in [1.807, 2.05) is 6.92 Å². The van der Waals surface area contributed by atoms with E-state index in [-0.39, 0.29) is 12.6 Å². The first-order valence-electron chi connectivity index (χ1n) is 6.01. The van der Waals surface area contributed by atoms with E-state index in [2.05, 4.69) is 46.0 Å². The molecule has 0 radical (unpaired) electrons. The fourth-order valence-electron chi connectivity index (χ4n) is 1.81. The lowest BCUT2D eigenvalue weighted by Crippen LogP contribution is -2.24. The van der Waals surface area contributed by atoms with Gasteiger partial charge in [0.1, 0.15) is 0 Å². The zero-order valence-corrected chi connectivity index (χ0v) is 12.1. The molecule has 0 fully saturated rings. The molecule has 1 aromatic rings. The Morgan fingerprint density at radius 3 is 2.65 bits per heavy atom.